The van der Waals surface area contributed by atoms with Gasteiger partial charge in [-0.2, -0.15) is 10.4 Å². The molecule has 0 saturated carbocycles. The lowest BCUT2D eigenvalue weighted by Crippen LogP contribution is -2.42. The standard InChI is InChI=1S/C22H20FN5O2/c1-14-20(16-4-2-3-15(11-16)12-24)21(27-26-14)22(29)25-17-5-7-18(8-6-17)28-9-10-30-13-19(28)23/h2-8,11,19H,9-10,13H2,1H3,(H,25,29)(H,26,27). The molecule has 2 aromatic carbocycles. The van der Waals surface area contributed by atoms with Crippen molar-refractivity contribution in [1.29, 1.82) is 5.26 Å². The van der Waals surface area contributed by atoms with Crippen molar-refractivity contribution < 1.29 is 13.9 Å². The zero-order chi connectivity index (χ0) is 21.1. The molecule has 8 heteroatoms. The first-order valence-electron chi connectivity index (χ1n) is 9.52. The number of hydrogen-bond acceptors (Lipinski definition) is 5. The molecule has 1 aliphatic heterocycles. The number of nitrogens with one attached hydrogen (secondary N) is 2. The highest BCUT2D eigenvalue weighted by atomic mass is 19.1. The highest BCUT2D eigenvalue weighted by Crippen LogP contribution is 2.28. The van der Waals surface area contributed by atoms with Crippen LogP contribution in [0.3, 0.4) is 0 Å². The second kappa shape index (κ2) is 8.35. The van der Waals surface area contributed by atoms with E-state index in [9.17, 15) is 9.18 Å². The molecular formula is C22H20FN5O2. The normalized spacial score (nSPS) is 16.2. The van der Waals surface area contributed by atoms with E-state index < -0.39 is 6.30 Å². The van der Waals surface area contributed by atoms with Crippen molar-refractivity contribution in [1.82, 2.24) is 10.2 Å². The average Bonchev–Trinajstić information content (AvgIpc) is 3.16. The van der Waals surface area contributed by atoms with Crippen LogP contribution in [-0.4, -0.2) is 42.2 Å². The third-order valence-electron chi connectivity index (χ3n) is 4.98. The third-order valence-corrected chi connectivity index (χ3v) is 4.98. The average molecular weight is 405 g/mol. The summed E-state index contributed by atoms with van der Waals surface area (Å²) in [7, 11) is 0. The Morgan fingerprint density at radius 3 is 2.87 bits per heavy atom. The fraction of sp³-hybridized carbons (Fsp3) is 0.227. The van der Waals surface area contributed by atoms with E-state index in [0.717, 1.165) is 11.3 Å². The SMILES string of the molecule is Cc1n[nH]c(C(=O)Nc2ccc(N3CCOCC3F)cc2)c1-c1cccc(C#N)c1. The predicted molar refractivity (Wildman–Crippen MR) is 111 cm³/mol. The van der Waals surface area contributed by atoms with Gasteiger partial charge in [0.15, 0.2) is 6.30 Å². The maximum Gasteiger partial charge on any atom is 0.274 e. The Labute approximate surface area is 173 Å². The number of halogens is 1. The van der Waals surface area contributed by atoms with Gasteiger partial charge in [-0.25, -0.2) is 4.39 Å². The Morgan fingerprint density at radius 1 is 1.33 bits per heavy atom. The minimum absolute atomic E-state index is 0.0490. The van der Waals surface area contributed by atoms with Crippen LogP contribution in [0.1, 0.15) is 21.7 Å². The second-order valence-electron chi connectivity index (χ2n) is 6.96. The maximum atomic E-state index is 14.0. The first-order valence-corrected chi connectivity index (χ1v) is 9.52. The van der Waals surface area contributed by atoms with E-state index in [-0.39, 0.29) is 12.5 Å². The molecule has 0 aliphatic carbocycles. The van der Waals surface area contributed by atoms with Crippen LogP contribution >= 0.6 is 0 Å². The monoisotopic (exact) mass is 405 g/mol. The Hall–Kier alpha value is -3.70. The van der Waals surface area contributed by atoms with Crippen LogP contribution in [-0.2, 0) is 4.74 Å². The topological polar surface area (TPSA) is 94.0 Å². The number of anilines is 2. The lowest BCUT2D eigenvalue weighted by molar-refractivity contribution is 0.0497. The summed E-state index contributed by atoms with van der Waals surface area (Å²) >= 11 is 0. The molecule has 0 radical (unpaired) electrons. The van der Waals surface area contributed by atoms with Crippen molar-refractivity contribution in [2.75, 3.05) is 30.0 Å². The number of carbonyl (C=O) groups is 1. The Morgan fingerprint density at radius 2 is 2.13 bits per heavy atom. The molecule has 1 fully saturated rings. The predicted octanol–water partition coefficient (Wildman–Crippen LogP) is 3.64. The zero-order valence-electron chi connectivity index (χ0n) is 16.4. The number of aryl methyl sites for hydroxylation is 1. The molecule has 152 valence electrons. The minimum Gasteiger partial charge on any atom is -0.375 e. The van der Waals surface area contributed by atoms with E-state index in [1.165, 1.54) is 0 Å². The van der Waals surface area contributed by atoms with E-state index in [4.69, 9.17) is 10.00 Å². The molecule has 3 aromatic rings. The number of benzene rings is 2. The molecule has 0 spiro atoms. The van der Waals surface area contributed by atoms with E-state index in [2.05, 4.69) is 21.6 Å². The molecule has 1 saturated heterocycles. The van der Waals surface area contributed by atoms with Gasteiger partial charge in [0, 0.05) is 23.5 Å². The van der Waals surface area contributed by atoms with Crippen LogP contribution in [0.25, 0.3) is 11.1 Å². The van der Waals surface area contributed by atoms with E-state index >= 15 is 0 Å². The fourth-order valence-electron chi connectivity index (χ4n) is 3.49. The molecule has 7 nitrogen and oxygen atoms in total. The van der Waals surface area contributed by atoms with Crippen LogP contribution in [0, 0.1) is 18.3 Å². The Kier molecular flexibility index (Phi) is 5.46. The van der Waals surface area contributed by atoms with Gasteiger partial charge in [-0.15, -0.1) is 0 Å². The van der Waals surface area contributed by atoms with E-state index in [0.29, 0.717) is 41.4 Å². The summed E-state index contributed by atoms with van der Waals surface area (Å²) in [6.45, 7) is 2.80. The fourth-order valence-corrected chi connectivity index (χ4v) is 3.49. The van der Waals surface area contributed by atoms with Gasteiger partial charge in [-0.3, -0.25) is 9.89 Å². The quantitative estimate of drug-likeness (QED) is 0.647. The summed E-state index contributed by atoms with van der Waals surface area (Å²) in [5.41, 5.74) is 4.17. The van der Waals surface area contributed by atoms with Gasteiger partial charge in [-0.05, 0) is 48.9 Å². The van der Waals surface area contributed by atoms with Crippen molar-refractivity contribution in [3.8, 4) is 17.2 Å². The summed E-state index contributed by atoms with van der Waals surface area (Å²) in [5.74, 6) is -0.351. The van der Waals surface area contributed by atoms with Crippen molar-refractivity contribution in [3.63, 3.8) is 0 Å². The van der Waals surface area contributed by atoms with Gasteiger partial charge in [0.1, 0.15) is 5.69 Å². The van der Waals surface area contributed by atoms with Crippen LogP contribution in [0.4, 0.5) is 15.8 Å². The van der Waals surface area contributed by atoms with Crippen LogP contribution in [0.2, 0.25) is 0 Å². The summed E-state index contributed by atoms with van der Waals surface area (Å²) in [6, 6.07) is 16.1. The number of nitrogens with zero attached hydrogens (tertiary/aromatic N) is 3. The summed E-state index contributed by atoms with van der Waals surface area (Å²) in [5, 5.41) is 18.9. The molecule has 0 bridgehead atoms. The second-order valence-corrected chi connectivity index (χ2v) is 6.96. The van der Waals surface area contributed by atoms with Crippen molar-refractivity contribution >= 4 is 17.3 Å². The number of alkyl halides is 1. The Balaban J connectivity index is 1.54. The van der Waals surface area contributed by atoms with Gasteiger partial charge in [-0.1, -0.05) is 12.1 Å². The lowest BCUT2D eigenvalue weighted by atomic mass is 10.0. The summed E-state index contributed by atoms with van der Waals surface area (Å²) in [4.78, 5) is 14.5. The van der Waals surface area contributed by atoms with Crippen molar-refractivity contribution in [3.05, 3.63) is 65.5 Å². The van der Waals surface area contributed by atoms with Gasteiger partial charge in [0.05, 0.1) is 30.5 Å². The number of aromatic amines is 1. The van der Waals surface area contributed by atoms with Gasteiger partial charge < -0.3 is 15.0 Å². The number of H-pyrrole nitrogens is 1. The molecule has 1 amide bonds. The number of carbonyl (C=O) groups excluding carboxylic acids is 1. The smallest absolute Gasteiger partial charge is 0.274 e. The molecule has 1 unspecified atom stereocenters. The minimum atomic E-state index is -1.18. The number of nitriles is 1. The van der Waals surface area contributed by atoms with Gasteiger partial charge in [0.2, 0.25) is 0 Å². The van der Waals surface area contributed by atoms with Crippen molar-refractivity contribution in [2.45, 2.75) is 13.2 Å². The molecule has 1 atom stereocenters. The first kappa shape index (κ1) is 19.6. The number of rotatable bonds is 4. The number of morpholine rings is 1. The van der Waals surface area contributed by atoms with Gasteiger partial charge >= 0.3 is 0 Å². The zero-order valence-corrected chi connectivity index (χ0v) is 16.4. The van der Waals surface area contributed by atoms with E-state index in [1.807, 2.05) is 6.07 Å². The number of ether oxygens (including phenoxy) is 1. The molecule has 1 aromatic heterocycles. The molecule has 4 rings (SSSR count). The van der Waals surface area contributed by atoms with Crippen molar-refractivity contribution in [2.24, 2.45) is 0 Å². The largest absolute Gasteiger partial charge is 0.375 e. The third kappa shape index (κ3) is 3.88. The first-order chi connectivity index (χ1) is 14.6. The highest BCUT2D eigenvalue weighted by molar-refractivity contribution is 6.07. The maximum absolute atomic E-state index is 14.0. The summed E-state index contributed by atoms with van der Waals surface area (Å²) in [6.07, 6.45) is -1.18. The summed E-state index contributed by atoms with van der Waals surface area (Å²) < 4.78 is 19.1. The lowest BCUT2D eigenvalue weighted by Gasteiger charge is -2.32. The Bertz CT molecular complexity index is 1100. The number of hydrogen-bond donors (Lipinski definition) is 2. The molecule has 30 heavy (non-hydrogen) atoms. The number of aromatic nitrogens is 2. The van der Waals surface area contributed by atoms with Gasteiger partial charge in [0.25, 0.3) is 5.91 Å². The van der Waals surface area contributed by atoms with Crippen LogP contribution in [0.5, 0.6) is 0 Å². The number of amides is 1. The highest BCUT2D eigenvalue weighted by Gasteiger charge is 2.23. The molecule has 1 aliphatic rings. The van der Waals surface area contributed by atoms with E-state index in [1.54, 1.807) is 54.3 Å². The molecule has 2 N–H and O–H groups in total. The van der Waals surface area contributed by atoms with Crippen LogP contribution < -0.4 is 10.2 Å². The molecular weight excluding hydrogens is 385 g/mol. The van der Waals surface area contributed by atoms with Crippen LogP contribution in [0.15, 0.2) is 48.5 Å². The molecule has 2 heterocycles.